The van der Waals surface area contributed by atoms with Crippen molar-refractivity contribution < 1.29 is 9.84 Å². The quantitative estimate of drug-likeness (QED) is 0.803. The highest BCUT2D eigenvalue weighted by atomic mass is 35.5. The lowest BCUT2D eigenvalue weighted by Gasteiger charge is -2.25. The topological polar surface area (TPSA) is 41.5 Å². The van der Waals surface area contributed by atoms with Crippen LogP contribution >= 0.6 is 11.6 Å². The summed E-state index contributed by atoms with van der Waals surface area (Å²) in [7, 11) is 0. The molecule has 4 heteroatoms. The van der Waals surface area contributed by atoms with Crippen molar-refractivity contribution in [2.24, 2.45) is 5.41 Å². The maximum atomic E-state index is 9.28. The van der Waals surface area contributed by atoms with Gasteiger partial charge in [-0.15, -0.1) is 11.6 Å². The molecule has 0 aliphatic carbocycles. The van der Waals surface area contributed by atoms with E-state index in [9.17, 15) is 5.11 Å². The number of rotatable bonds is 5. The van der Waals surface area contributed by atoms with Crippen LogP contribution in [-0.4, -0.2) is 30.7 Å². The Kier molecular flexibility index (Phi) is 4.49. The summed E-state index contributed by atoms with van der Waals surface area (Å²) in [5, 5.41) is 12.6. The van der Waals surface area contributed by atoms with Crippen molar-refractivity contribution in [3.05, 3.63) is 29.3 Å². The fraction of sp³-hybridized carbons (Fsp3) is 0.571. The predicted octanol–water partition coefficient (Wildman–Crippen LogP) is 1.95. The number of hydrogen-bond acceptors (Lipinski definition) is 3. The standard InChI is InChI=1S/C14H20ClNO2/c1-14(8-15,9-17)10-18-13-3-2-12-7-16-5-4-11(12)6-13/h2-3,6,16-17H,4-5,7-10H2,1H3. The molecule has 0 aromatic heterocycles. The summed E-state index contributed by atoms with van der Waals surface area (Å²) >= 11 is 5.84. The molecule has 0 saturated heterocycles. The van der Waals surface area contributed by atoms with Crippen molar-refractivity contribution in [2.75, 3.05) is 25.6 Å². The monoisotopic (exact) mass is 269 g/mol. The molecule has 1 aliphatic heterocycles. The van der Waals surface area contributed by atoms with Crippen LogP contribution in [0.4, 0.5) is 0 Å². The third-order valence-corrected chi connectivity index (χ3v) is 4.00. The first kappa shape index (κ1) is 13.7. The largest absolute Gasteiger partial charge is 0.493 e. The second kappa shape index (κ2) is 5.91. The minimum absolute atomic E-state index is 0.0331. The molecule has 1 aliphatic rings. The van der Waals surface area contributed by atoms with Gasteiger partial charge in [0.1, 0.15) is 5.75 Å². The van der Waals surface area contributed by atoms with Crippen LogP contribution in [0, 0.1) is 5.41 Å². The summed E-state index contributed by atoms with van der Waals surface area (Å²) < 4.78 is 5.75. The highest BCUT2D eigenvalue weighted by Crippen LogP contribution is 2.24. The Morgan fingerprint density at radius 3 is 3.00 bits per heavy atom. The van der Waals surface area contributed by atoms with Gasteiger partial charge in [0, 0.05) is 17.8 Å². The molecule has 100 valence electrons. The molecule has 0 saturated carbocycles. The molecule has 0 radical (unpaired) electrons. The second-order valence-corrected chi connectivity index (χ2v) is 5.52. The molecule has 2 rings (SSSR count). The van der Waals surface area contributed by atoms with Crippen LogP contribution < -0.4 is 10.1 Å². The molecule has 0 bridgehead atoms. The summed E-state index contributed by atoms with van der Waals surface area (Å²) in [6.45, 7) is 4.34. The first-order valence-electron chi connectivity index (χ1n) is 6.29. The van der Waals surface area contributed by atoms with E-state index in [-0.39, 0.29) is 12.0 Å². The van der Waals surface area contributed by atoms with Gasteiger partial charge in [0.05, 0.1) is 13.2 Å². The van der Waals surface area contributed by atoms with Crippen LogP contribution in [0.5, 0.6) is 5.75 Å². The fourth-order valence-electron chi connectivity index (χ4n) is 1.93. The predicted molar refractivity (Wildman–Crippen MR) is 73.3 cm³/mol. The minimum atomic E-state index is -0.376. The van der Waals surface area contributed by atoms with Gasteiger partial charge in [-0.05, 0) is 36.2 Å². The molecular formula is C14H20ClNO2. The molecule has 1 unspecified atom stereocenters. The number of nitrogens with one attached hydrogen (secondary N) is 1. The fourth-order valence-corrected chi connectivity index (χ4v) is 2.09. The molecule has 0 fully saturated rings. The van der Waals surface area contributed by atoms with Gasteiger partial charge in [-0.25, -0.2) is 0 Å². The Bertz CT molecular complexity index is 405. The average molecular weight is 270 g/mol. The van der Waals surface area contributed by atoms with Gasteiger partial charge in [-0.1, -0.05) is 13.0 Å². The summed E-state index contributed by atoms with van der Waals surface area (Å²) in [5.41, 5.74) is 2.32. The van der Waals surface area contributed by atoms with Gasteiger partial charge in [-0.2, -0.15) is 0 Å². The Labute approximate surface area is 113 Å². The van der Waals surface area contributed by atoms with Gasteiger partial charge < -0.3 is 15.2 Å². The Morgan fingerprint density at radius 1 is 1.44 bits per heavy atom. The molecule has 18 heavy (non-hydrogen) atoms. The molecule has 3 nitrogen and oxygen atoms in total. The summed E-state index contributed by atoms with van der Waals surface area (Å²) in [4.78, 5) is 0. The van der Waals surface area contributed by atoms with Gasteiger partial charge in [-0.3, -0.25) is 0 Å². The summed E-state index contributed by atoms with van der Waals surface area (Å²) in [5.74, 6) is 1.25. The normalized spacial score (nSPS) is 17.9. The van der Waals surface area contributed by atoms with Crippen molar-refractivity contribution in [2.45, 2.75) is 19.9 Å². The number of ether oxygens (including phenoxy) is 1. The van der Waals surface area contributed by atoms with E-state index >= 15 is 0 Å². The van der Waals surface area contributed by atoms with Crippen molar-refractivity contribution in [3.8, 4) is 5.75 Å². The zero-order chi connectivity index (χ0) is 13.0. The van der Waals surface area contributed by atoms with Crippen molar-refractivity contribution in [1.29, 1.82) is 0 Å². The van der Waals surface area contributed by atoms with Crippen LogP contribution in [0.1, 0.15) is 18.1 Å². The molecule has 1 heterocycles. The Hall–Kier alpha value is -0.770. The smallest absolute Gasteiger partial charge is 0.119 e. The van der Waals surface area contributed by atoms with E-state index in [1.807, 2.05) is 13.0 Å². The van der Waals surface area contributed by atoms with Crippen LogP contribution in [0.15, 0.2) is 18.2 Å². The molecule has 0 amide bonds. The first-order valence-corrected chi connectivity index (χ1v) is 6.82. The minimum Gasteiger partial charge on any atom is -0.493 e. The molecule has 1 aromatic carbocycles. The third kappa shape index (κ3) is 3.16. The number of aliphatic hydroxyl groups excluding tert-OH is 1. The number of fused-ring (bicyclic) bond motifs is 1. The molecule has 1 atom stereocenters. The van der Waals surface area contributed by atoms with Gasteiger partial charge in [0.2, 0.25) is 0 Å². The highest BCUT2D eigenvalue weighted by Gasteiger charge is 2.23. The van der Waals surface area contributed by atoms with E-state index < -0.39 is 0 Å². The number of hydrogen-bond donors (Lipinski definition) is 2. The maximum Gasteiger partial charge on any atom is 0.119 e. The first-order chi connectivity index (χ1) is 8.67. The Morgan fingerprint density at radius 2 is 2.28 bits per heavy atom. The lowest BCUT2D eigenvalue weighted by Crippen LogP contribution is -2.31. The van der Waals surface area contributed by atoms with Crippen LogP contribution in [0.25, 0.3) is 0 Å². The van der Waals surface area contributed by atoms with Gasteiger partial charge in [0.15, 0.2) is 0 Å². The molecular weight excluding hydrogens is 250 g/mol. The lowest BCUT2D eigenvalue weighted by molar-refractivity contribution is 0.100. The molecule has 1 aromatic rings. The molecule has 2 N–H and O–H groups in total. The van der Waals surface area contributed by atoms with E-state index in [0.717, 1.165) is 25.3 Å². The van der Waals surface area contributed by atoms with E-state index in [4.69, 9.17) is 16.3 Å². The van der Waals surface area contributed by atoms with Crippen LogP contribution in [0.3, 0.4) is 0 Å². The van der Waals surface area contributed by atoms with Crippen molar-refractivity contribution >= 4 is 11.6 Å². The summed E-state index contributed by atoms with van der Waals surface area (Å²) in [6.07, 6.45) is 1.04. The van der Waals surface area contributed by atoms with Crippen molar-refractivity contribution in [1.82, 2.24) is 5.32 Å². The number of aliphatic hydroxyl groups is 1. The zero-order valence-corrected chi connectivity index (χ0v) is 11.5. The number of benzene rings is 1. The number of halogens is 1. The van der Waals surface area contributed by atoms with E-state index in [1.165, 1.54) is 11.1 Å². The van der Waals surface area contributed by atoms with Crippen molar-refractivity contribution in [3.63, 3.8) is 0 Å². The lowest BCUT2D eigenvalue weighted by atomic mass is 9.96. The maximum absolute atomic E-state index is 9.28. The zero-order valence-electron chi connectivity index (χ0n) is 10.7. The van der Waals surface area contributed by atoms with Crippen LogP contribution in [-0.2, 0) is 13.0 Å². The van der Waals surface area contributed by atoms with E-state index in [0.29, 0.717) is 12.5 Å². The Balaban J connectivity index is 2.02. The van der Waals surface area contributed by atoms with E-state index in [1.54, 1.807) is 0 Å². The van der Waals surface area contributed by atoms with Crippen LogP contribution in [0.2, 0.25) is 0 Å². The van der Waals surface area contributed by atoms with Gasteiger partial charge in [0.25, 0.3) is 0 Å². The van der Waals surface area contributed by atoms with Gasteiger partial charge >= 0.3 is 0 Å². The van der Waals surface area contributed by atoms with E-state index in [2.05, 4.69) is 17.4 Å². The summed E-state index contributed by atoms with van der Waals surface area (Å²) in [6, 6.07) is 6.19. The second-order valence-electron chi connectivity index (χ2n) is 5.25. The SMILES string of the molecule is CC(CO)(CCl)COc1ccc2c(c1)CCNC2. The molecule has 0 spiro atoms. The number of alkyl halides is 1. The average Bonchev–Trinajstić information content (AvgIpc) is 2.44. The highest BCUT2D eigenvalue weighted by molar-refractivity contribution is 6.18. The third-order valence-electron chi connectivity index (χ3n) is 3.36.